The van der Waals surface area contributed by atoms with E-state index in [4.69, 9.17) is 4.98 Å². The van der Waals surface area contributed by atoms with Crippen molar-refractivity contribution in [2.45, 2.75) is 71.4 Å². The fourth-order valence-electron chi connectivity index (χ4n) is 3.55. The Balaban J connectivity index is 1.85. The number of aromatic nitrogens is 2. The van der Waals surface area contributed by atoms with Crippen molar-refractivity contribution in [2.24, 2.45) is 11.8 Å². The highest BCUT2D eigenvalue weighted by molar-refractivity contribution is 5.33. The SMILES string of the molecule is Cc1cn(C2CCCCC2C(C)C)c(NC2CC2)n1. The van der Waals surface area contributed by atoms with Crippen LogP contribution in [0.4, 0.5) is 5.95 Å². The third-order valence-corrected chi connectivity index (χ3v) is 4.76. The molecule has 2 saturated carbocycles. The smallest absolute Gasteiger partial charge is 0.203 e. The minimum Gasteiger partial charge on any atom is -0.353 e. The lowest BCUT2D eigenvalue weighted by Gasteiger charge is -2.36. The Bertz CT molecular complexity index is 431. The lowest BCUT2D eigenvalue weighted by molar-refractivity contribution is 0.186. The number of aryl methyl sites for hydroxylation is 1. The third-order valence-electron chi connectivity index (χ3n) is 4.76. The molecule has 1 aromatic rings. The van der Waals surface area contributed by atoms with Crippen LogP contribution in [0.1, 0.15) is 64.1 Å². The Labute approximate surface area is 116 Å². The number of rotatable bonds is 4. The third kappa shape index (κ3) is 2.80. The van der Waals surface area contributed by atoms with Crippen molar-refractivity contribution in [2.75, 3.05) is 5.32 Å². The van der Waals surface area contributed by atoms with Crippen LogP contribution in [-0.2, 0) is 0 Å². The van der Waals surface area contributed by atoms with Crippen molar-refractivity contribution < 1.29 is 0 Å². The van der Waals surface area contributed by atoms with E-state index in [1.165, 1.54) is 38.5 Å². The number of nitrogens with one attached hydrogen (secondary N) is 1. The molecule has 1 heterocycles. The average Bonchev–Trinajstić information content (AvgIpc) is 3.12. The number of hydrogen-bond donors (Lipinski definition) is 1. The second-order valence-corrected chi connectivity index (χ2v) is 6.79. The summed E-state index contributed by atoms with van der Waals surface area (Å²) < 4.78 is 2.46. The zero-order valence-corrected chi connectivity index (χ0v) is 12.5. The van der Waals surface area contributed by atoms with Gasteiger partial charge in [0.25, 0.3) is 0 Å². The van der Waals surface area contributed by atoms with Crippen molar-refractivity contribution in [3.63, 3.8) is 0 Å². The molecule has 0 amide bonds. The highest BCUT2D eigenvalue weighted by atomic mass is 15.2. The molecule has 106 valence electrons. The summed E-state index contributed by atoms with van der Waals surface area (Å²) in [6.45, 7) is 6.86. The topological polar surface area (TPSA) is 29.9 Å². The summed E-state index contributed by atoms with van der Waals surface area (Å²) in [5.74, 6) is 2.70. The molecule has 0 radical (unpaired) electrons. The normalized spacial score (nSPS) is 27.8. The van der Waals surface area contributed by atoms with Crippen LogP contribution in [0.15, 0.2) is 6.20 Å². The Kier molecular flexibility index (Phi) is 3.55. The Morgan fingerprint density at radius 3 is 2.63 bits per heavy atom. The van der Waals surface area contributed by atoms with Gasteiger partial charge in [-0.2, -0.15) is 0 Å². The van der Waals surface area contributed by atoms with Gasteiger partial charge in [0.1, 0.15) is 0 Å². The first-order valence-electron chi connectivity index (χ1n) is 7.97. The first-order chi connectivity index (χ1) is 9.15. The van der Waals surface area contributed by atoms with Crippen molar-refractivity contribution in [1.29, 1.82) is 0 Å². The Hall–Kier alpha value is -0.990. The average molecular weight is 261 g/mol. The van der Waals surface area contributed by atoms with Crippen LogP contribution in [0, 0.1) is 18.8 Å². The first-order valence-corrected chi connectivity index (χ1v) is 7.97. The fraction of sp³-hybridized carbons (Fsp3) is 0.812. The second kappa shape index (κ2) is 5.18. The zero-order chi connectivity index (χ0) is 13.4. The van der Waals surface area contributed by atoms with E-state index >= 15 is 0 Å². The fourth-order valence-corrected chi connectivity index (χ4v) is 3.55. The molecule has 2 atom stereocenters. The summed E-state index contributed by atoms with van der Waals surface area (Å²) in [5.41, 5.74) is 1.15. The van der Waals surface area contributed by atoms with Gasteiger partial charge in [0, 0.05) is 18.3 Å². The monoisotopic (exact) mass is 261 g/mol. The van der Waals surface area contributed by atoms with E-state index in [0.29, 0.717) is 12.1 Å². The summed E-state index contributed by atoms with van der Waals surface area (Å²) in [6, 6.07) is 1.33. The van der Waals surface area contributed by atoms with E-state index in [1.807, 2.05) is 0 Å². The maximum Gasteiger partial charge on any atom is 0.203 e. The molecule has 0 bridgehead atoms. The molecular formula is C16H27N3. The quantitative estimate of drug-likeness (QED) is 0.882. The van der Waals surface area contributed by atoms with Crippen LogP contribution in [0.5, 0.6) is 0 Å². The van der Waals surface area contributed by atoms with Crippen LogP contribution >= 0.6 is 0 Å². The lowest BCUT2D eigenvalue weighted by Crippen LogP contribution is -2.28. The highest BCUT2D eigenvalue weighted by Crippen LogP contribution is 2.40. The summed E-state index contributed by atoms with van der Waals surface area (Å²) in [5, 5.41) is 3.61. The molecule has 0 aliphatic heterocycles. The van der Waals surface area contributed by atoms with Crippen LogP contribution < -0.4 is 5.32 Å². The number of anilines is 1. The van der Waals surface area contributed by atoms with Crippen molar-refractivity contribution in [3.8, 4) is 0 Å². The molecule has 19 heavy (non-hydrogen) atoms. The minimum atomic E-state index is 0.649. The van der Waals surface area contributed by atoms with E-state index in [9.17, 15) is 0 Å². The maximum absolute atomic E-state index is 4.71. The molecule has 2 fully saturated rings. The Morgan fingerprint density at radius 1 is 1.21 bits per heavy atom. The highest BCUT2D eigenvalue weighted by Gasteiger charge is 2.31. The molecule has 3 heteroatoms. The van der Waals surface area contributed by atoms with Gasteiger partial charge < -0.3 is 9.88 Å². The van der Waals surface area contributed by atoms with Crippen molar-refractivity contribution in [3.05, 3.63) is 11.9 Å². The zero-order valence-electron chi connectivity index (χ0n) is 12.5. The van der Waals surface area contributed by atoms with Gasteiger partial charge in [-0.1, -0.05) is 26.7 Å². The van der Waals surface area contributed by atoms with Gasteiger partial charge in [0.05, 0.1) is 5.69 Å². The van der Waals surface area contributed by atoms with Crippen LogP contribution in [0.25, 0.3) is 0 Å². The van der Waals surface area contributed by atoms with Gasteiger partial charge in [0.15, 0.2) is 0 Å². The minimum absolute atomic E-state index is 0.649. The molecule has 2 aliphatic carbocycles. The van der Waals surface area contributed by atoms with Crippen LogP contribution in [0.2, 0.25) is 0 Å². The van der Waals surface area contributed by atoms with Gasteiger partial charge in [-0.3, -0.25) is 0 Å². The van der Waals surface area contributed by atoms with Gasteiger partial charge in [-0.15, -0.1) is 0 Å². The van der Waals surface area contributed by atoms with Gasteiger partial charge in [0.2, 0.25) is 5.95 Å². The summed E-state index contributed by atoms with van der Waals surface area (Å²) in [4.78, 5) is 4.71. The maximum atomic E-state index is 4.71. The predicted molar refractivity (Wildman–Crippen MR) is 79.4 cm³/mol. The van der Waals surface area contributed by atoms with Gasteiger partial charge in [-0.05, 0) is 44.4 Å². The molecule has 1 aromatic heterocycles. The molecule has 2 unspecified atom stereocenters. The number of imidazole rings is 1. The van der Waals surface area contributed by atoms with E-state index < -0.39 is 0 Å². The molecule has 3 rings (SSSR count). The van der Waals surface area contributed by atoms with E-state index in [-0.39, 0.29) is 0 Å². The van der Waals surface area contributed by atoms with Crippen LogP contribution in [0.3, 0.4) is 0 Å². The number of nitrogens with zero attached hydrogens (tertiary/aromatic N) is 2. The lowest BCUT2D eigenvalue weighted by atomic mass is 9.77. The van der Waals surface area contributed by atoms with Gasteiger partial charge >= 0.3 is 0 Å². The second-order valence-electron chi connectivity index (χ2n) is 6.79. The van der Waals surface area contributed by atoms with E-state index in [2.05, 4.69) is 36.9 Å². The molecule has 0 aromatic carbocycles. The molecule has 2 aliphatic rings. The van der Waals surface area contributed by atoms with Gasteiger partial charge in [-0.25, -0.2) is 4.98 Å². The standard InChI is InChI=1S/C16H27N3/c1-11(2)14-6-4-5-7-15(14)19-10-12(3)17-16(19)18-13-8-9-13/h10-11,13-15H,4-9H2,1-3H3,(H,17,18). The Morgan fingerprint density at radius 2 is 1.95 bits per heavy atom. The van der Waals surface area contributed by atoms with Crippen molar-refractivity contribution >= 4 is 5.95 Å². The summed E-state index contributed by atoms with van der Waals surface area (Å²) in [7, 11) is 0. The summed E-state index contributed by atoms with van der Waals surface area (Å²) >= 11 is 0. The number of hydrogen-bond acceptors (Lipinski definition) is 2. The van der Waals surface area contributed by atoms with E-state index in [0.717, 1.165) is 23.5 Å². The molecule has 1 N–H and O–H groups in total. The van der Waals surface area contributed by atoms with E-state index in [1.54, 1.807) is 0 Å². The first kappa shape index (κ1) is 13.0. The predicted octanol–water partition coefficient (Wildman–Crippen LogP) is 4.15. The molecular weight excluding hydrogens is 234 g/mol. The molecule has 0 saturated heterocycles. The van der Waals surface area contributed by atoms with Crippen LogP contribution in [-0.4, -0.2) is 15.6 Å². The molecule has 0 spiro atoms. The summed E-state index contributed by atoms with van der Waals surface area (Å²) in [6.07, 6.45) is 10.3. The molecule has 3 nitrogen and oxygen atoms in total. The largest absolute Gasteiger partial charge is 0.353 e. The van der Waals surface area contributed by atoms with Crippen molar-refractivity contribution in [1.82, 2.24) is 9.55 Å².